The van der Waals surface area contributed by atoms with Crippen molar-refractivity contribution in [2.75, 3.05) is 0 Å². The predicted octanol–water partition coefficient (Wildman–Crippen LogP) is 5.61. The van der Waals surface area contributed by atoms with Gasteiger partial charge in [-0.25, -0.2) is 14.4 Å². The number of benzene rings is 2. The lowest BCUT2D eigenvalue weighted by Crippen LogP contribution is -1.98. The highest BCUT2D eigenvalue weighted by Gasteiger charge is 2.15. The zero-order chi connectivity index (χ0) is 17.0. The number of imidazole rings is 1. The molecule has 120 valence electrons. The summed E-state index contributed by atoms with van der Waals surface area (Å²) in [5.41, 5.74) is 5.28. The Bertz CT molecular complexity index is 1100. The lowest BCUT2D eigenvalue weighted by atomic mass is 10.0. The average Bonchev–Trinajstić information content (AvgIpc) is 2.89. The first kappa shape index (κ1) is 15.4. The summed E-state index contributed by atoms with van der Waals surface area (Å²) in [5.74, 6) is -0.355. The van der Waals surface area contributed by atoms with E-state index in [4.69, 9.17) is 28.2 Å². The quantitative estimate of drug-likeness (QED) is 0.442. The van der Waals surface area contributed by atoms with Gasteiger partial charge in [0.05, 0.1) is 27.9 Å². The molecular weight excluding hydrogens is 348 g/mol. The normalized spacial score (nSPS) is 11.5. The molecule has 24 heavy (non-hydrogen) atoms. The maximum absolute atomic E-state index is 14.3. The van der Waals surface area contributed by atoms with Crippen LogP contribution in [0.5, 0.6) is 0 Å². The lowest BCUT2D eigenvalue weighted by Gasteiger charge is -2.11. The molecule has 2 aromatic heterocycles. The summed E-state index contributed by atoms with van der Waals surface area (Å²) < 4.78 is 16.2. The summed E-state index contributed by atoms with van der Waals surface area (Å²) in [7, 11) is 0. The number of aromatic nitrogens is 3. The highest BCUT2D eigenvalue weighted by Crippen LogP contribution is 2.33. The molecule has 3 nitrogen and oxygen atoms in total. The van der Waals surface area contributed by atoms with E-state index in [-0.39, 0.29) is 5.82 Å². The number of halogens is 3. The van der Waals surface area contributed by atoms with Gasteiger partial charge in [-0.05, 0) is 43.7 Å². The van der Waals surface area contributed by atoms with Gasteiger partial charge in [0.25, 0.3) is 0 Å². The van der Waals surface area contributed by atoms with Crippen LogP contribution in [0.1, 0.15) is 11.4 Å². The van der Waals surface area contributed by atoms with Crippen molar-refractivity contribution in [3.8, 4) is 11.1 Å². The molecule has 0 saturated heterocycles. The van der Waals surface area contributed by atoms with Gasteiger partial charge in [0.2, 0.25) is 0 Å². The van der Waals surface area contributed by atoms with Gasteiger partial charge in [0, 0.05) is 21.7 Å². The molecule has 0 bridgehead atoms. The minimum absolute atomic E-state index is 0.355. The summed E-state index contributed by atoms with van der Waals surface area (Å²) in [6, 6.07) is 8.06. The van der Waals surface area contributed by atoms with Crippen molar-refractivity contribution in [3.63, 3.8) is 0 Å². The SMILES string of the molecule is Cc1ncn2c1c(C)nc1c(-c3cc(Cl)cc(Cl)c3)cc(F)cc12. The Kier molecular flexibility index (Phi) is 3.48. The van der Waals surface area contributed by atoms with E-state index in [1.807, 2.05) is 18.2 Å². The molecule has 0 unspecified atom stereocenters. The number of rotatable bonds is 1. The minimum atomic E-state index is -0.355. The number of hydrogen-bond donors (Lipinski definition) is 0. The number of fused-ring (bicyclic) bond motifs is 3. The molecule has 0 aliphatic carbocycles. The first-order valence-corrected chi connectivity index (χ1v) is 8.09. The van der Waals surface area contributed by atoms with Gasteiger partial charge in [-0.1, -0.05) is 23.2 Å². The van der Waals surface area contributed by atoms with E-state index < -0.39 is 0 Å². The molecule has 2 heterocycles. The highest BCUT2D eigenvalue weighted by molar-refractivity contribution is 6.35. The molecule has 6 heteroatoms. The van der Waals surface area contributed by atoms with Crippen LogP contribution in [-0.2, 0) is 0 Å². The summed E-state index contributed by atoms with van der Waals surface area (Å²) in [6.07, 6.45) is 1.69. The zero-order valence-electron chi connectivity index (χ0n) is 12.9. The van der Waals surface area contributed by atoms with E-state index in [1.54, 1.807) is 24.5 Å². The van der Waals surface area contributed by atoms with E-state index in [1.165, 1.54) is 12.1 Å². The Balaban J connectivity index is 2.16. The summed E-state index contributed by atoms with van der Waals surface area (Å²) >= 11 is 12.2. The van der Waals surface area contributed by atoms with Crippen molar-refractivity contribution in [2.24, 2.45) is 0 Å². The first-order valence-electron chi connectivity index (χ1n) is 7.34. The van der Waals surface area contributed by atoms with Crippen LogP contribution >= 0.6 is 23.2 Å². The standard InChI is InChI=1S/C18H12Cl2FN3/c1-9-18-10(2)23-17-15(11-3-12(19)5-13(20)4-11)6-14(21)7-16(17)24(18)8-22-9/h3-8H,1-2H3. The Morgan fingerprint density at radius 3 is 2.38 bits per heavy atom. The maximum atomic E-state index is 14.3. The second-order valence-corrected chi connectivity index (χ2v) is 6.60. The summed E-state index contributed by atoms with van der Waals surface area (Å²) in [4.78, 5) is 9.03. The molecule has 0 atom stereocenters. The molecule has 0 radical (unpaired) electrons. The second kappa shape index (κ2) is 5.43. The zero-order valence-corrected chi connectivity index (χ0v) is 14.5. The summed E-state index contributed by atoms with van der Waals surface area (Å²) in [6.45, 7) is 3.83. The van der Waals surface area contributed by atoms with Gasteiger partial charge in [-0.3, -0.25) is 4.40 Å². The fourth-order valence-corrected chi connectivity index (χ4v) is 3.62. The molecule has 0 aliphatic heterocycles. The summed E-state index contributed by atoms with van der Waals surface area (Å²) in [5, 5.41) is 0.984. The monoisotopic (exact) mass is 359 g/mol. The van der Waals surface area contributed by atoms with Crippen LogP contribution in [0.4, 0.5) is 4.39 Å². The van der Waals surface area contributed by atoms with Crippen LogP contribution in [0.25, 0.3) is 27.7 Å². The number of aryl methyl sites for hydroxylation is 2. The smallest absolute Gasteiger partial charge is 0.126 e. The third-order valence-electron chi connectivity index (χ3n) is 4.06. The van der Waals surface area contributed by atoms with Gasteiger partial charge >= 0.3 is 0 Å². The van der Waals surface area contributed by atoms with Crippen molar-refractivity contribution < 1.29 is 4.39 Å². The highest BCUT2D eigenvalue weighted by atomic mass is 35.5. The van der Waals surface area contributed by atoms with E-state index >= 15 is 0 Å². The molecule has 0 fully saturated rings. The van der Waals surface area contributed by atoms with Crippen LogP contribution < -0.4 is 0 Å². The molecule has 0 saturated carbocycles. The Hall–Kier alpha value is -2.17. The van der Waals surface area contributed by atoms with Gasteiger partial charge in [-0.15, -0.1) is 0 Å². The van der Waals surface area contributed by atoms with Crippen LogP contribution in [0, 0.1) is 19.7 Å². The topological polar surface area (TPSA) is 30.2 Å². The van der Waals surface area contributed by atoms with Gasteiger partial charge in [0.15, 0.2) is 0 Å². The van der Waals surface area contributed by atoms with Crippen LogP contribution in [0.15, 0.2) is 36.7 Å². The molecule has 0 aliphatic rings. The number of hydrogen-bond acceptors (Lipinski definition) is 2. The third-order valence-corrected chi connectivity index (χ3v) is 4.50. The van der Waals surface area contributed by atoms with Crippen LogP contribution in [0.2, 0.25) is 10.0 Å². The number of nitrogens with zero attached hydrogens (tertiary/aromatic N) is 3. The Morgan fingerprint density at radius 2 is 1.67 bits per heavy atom. The fourth-order valence-electron chi connectivity index (χ4n) is 3.09. The fraction of sp³-hybridized carbons (Fsp3) is 0.111. The molecule has 4 rings (SSSR count). The van der Waals surface area contributed by atoms with E-state index in [0.717, 1.165) is 22.5 Å². The molecule has 2 aromatic carbocycles. The molecular formula is C18H12Cl2FN3. The molecule has 4 aromatic rings. The van der Waals surface area contributed by atoms with Gasteiger partial charge in [-0.2, -0.15) is 0 Å². The lowest BCUT2D eigenvalue weighted by molar-refractivity contribution is 0.629. The Morgan fingerprint density at radius 1 is 0.958 bits per heavy atom. The largest absolute Gasteiger partial charge is 0.295 e. The first-order chi connectivity index (χ1) is 11.4. The minimum Gasteiger partial charge on any atom is -0.295 e. The Labute approximate surface area is 147 Å². The predicted molar refractivity (Wildman–Crippen MR) is 95.4 cm³/mol. The van der Waals surface area contributed by atoms with Crippen LogP contribution in [-0.4, -0.2) is 14.4 Å². The molecule has 0 amide bonds. The van der Waals surface area contributed by atoms with Crippen molar-refractivity contribution in [1.82, 2.24) is 14.4 Å². The van der Waals surface area contributed by atoms with Gasteiger partial charge < -0.3 is 0 Å². The third kappa shape index (κ3) is 2.34. The van der Waals surface area contributed by atoms with Crippen molar-refractivity contribution in [3.05, 3.63) is 63.9 Å². The molecule has 0 N–H and O–H groups in total. The van der Waals surface area contributed by atoms with Crippen molar-refractivity contribution in [2.45, 2.75) is 13.8 Å². The van der Waals surface area contributed by atoms with Crippen LogP contribution in [0.3, 0.4) is 0 Å². The van der Waals surface area contributed by atoms with E-state index in [0.29, 0.717) is 26.6 Å². The van der Waals surface area contributed by atoms with E-state index in [2.05, 4.69) is 4.98 Å². The average molecular weight is 360 g/mol. The van der Waals surface area contributed by atoms with Crippen molar-refractivity contribution >= 4 is 39.8 Å². The van der Waals surface area contributed by atoms with Gasteiger partial charge in [0.1, 0.15) is 12.1 Å². The van der Waals surface area contributed by atoms with E-state index in [9.17, 15) is 4.39 Å². The molecule has 0 spiro atoms. The second-order valence-electron chi connectivity index (χ2n) is 5.73. The van der Waals surface area contributed by atoms with Crippen molar-refractivity contribution in [1.29, 1.82) is 0 Å². The maximum Gasteiger partial charge on any atom is 0.126 e.